The van der Waals surface area contributed by atoms with Gasteiger partial charge in [0.2, 0.25) is 0 Å². The van der Waals surface area contributed by atoms with Crippen molar-refractivity contribution < 1.29 is 0 Å². The van der Waals surface area contributed by atoms with Gasteiger partial charge in [-0.3, -0.25) is 5.10 Å². The van der Waals surface area contributed by atoms with Gasteiger partial charge < -0.3 is 4.57 Å². The van der Waals surface area contributed by atoms with E-state index >= 15 is 0 Å². The average Bonchev–Trinajstić information content (AvgIpc) is 2.97. The van der Waals surface area contributed by atoms with Crippen LogP contribution in [-0.4, -0.2) is 34.9 Å². The summed E-state index contributed by atoms with van der Waals surface area (Å²) >= 11 is 1.47. The first-order valence-electron chi connectivity index (χ1n) is 5.51. The molecule has 18 heavy (non-hydrogen) atoms. The number of H-pyrrole nitrogens is 1. The summed E-state index contributed by atoms with van der Waals surface area (Å²) in [5.74, 6) is 0.900. The molecule has 0 fully saturated rings. The lowest BCUT2D eigenvalue weighted by molar-refractivity contribution is 0.661. The molecule has 0 aliphatic rings. The fourth-order valence-corrected chi connectivity index (χ4v) is 2.70. The van der Waals surface area contributed by atoms with Crippen LogP contribution in [0.15, 0.2) is 22.7 Å². The fourth-order valence-electron chi connectivity index (χ4n) is 1.71. The van der Waals surface area contributed by atoms with E-state index in [0.29, 0.717) is 0 Å². The Labute approximate surface area is 107 Å². The minimum absolute atomic E-state index is 0.729. The van der Waals surface area contributed by atoms with E-state index in [0.717, 1.165) is 33.6 Å². The third-order valence-electron chi connectivity index (χ3n) is 2.62. The van der Waals surface area contributed by atoms with Gasteiger partial charge in [0, 0.05) is 6.54 Å². The topological polar surface area (TPSA) is 85.2 Å². The van der Waals surface area contributed by atoms with Gasteiger partial charge in [0.1, 0.15) is 17.2 Å². The molecule has 0 bridgehead atoms. The summed E-state index contributed by atoms with van der Waals surface area (Å²) in [6.07, 6.45) is 3.24. The number of nitrogens with zero attached hydrogens (tertiary/aromatic N) is 6. The SMILES string of the molecule is CCn1c(C)nnc1Sc1ncnc2[nH]ncc12. The highest BCUT2D eigenvalue weighted by atomic mass is 32.2. The molecule has 0 unspecified atom stereocenters. The molecule has 0 aromatic carbocycles. The molecule has 0 aliphatic carbocycles. The zero-order valence-corrected chi connectivity index (χ0v) is 10.8. The van der Waals surface area contributed by atoms with Crippen LogP contribution in [0.4, 0.5) is 0 Å². The highest BCUT2D eigenvalue weighted by Gasteiger charge is 2.13. The molecule has 0 aliphatic heterocycles. The van der Waals surface area contributed by atoms with Crippen LogP contribution in [0.5, 0.6) is 0 Å². The smallest absolute Gasteiger partial charge is 0.197 e. The Bertz CT molecular complexity index is 686. The first-order valence-corrected chi connectivity index (χ1v) is 6.33. The largest absolute Gasteiger partial charge is 0.306 e. The first kappa shape index (κ1) is 11.1. The molecule has 0 atom stereocenters. The molecule has 92 valence electrons. The Kier molecular flexibility index (Phi) is 2.71. The number of hydrogen-bond donors (Lipinski definition) is 1. The second-order valence-electron chi connectivity index (χ2n) is 3.69. The molecule has 3 aromatic rings. The molecule has 3 aromatic heterocycles. The van der Waals surface area contributed by atoms with E-state index in [1.807, 2.05) is 11.5 Å². The number of fused-ring (bicyclic) bond motifs is 1. The van der Waals surface area contributed by atoms with Crippen LogP contribution < -0.4 is 0 Å². The van der Waals surface area contributed by atoms with E-state index < -0.39 is 0 Å². The van der Waals surface area contributed by atoms with E-state index in [9.17, 15) is 0 Å². The Morgan fingerprint density at radius 2 is 2.22 bits per heavy atom. The number of rotatable bonds is 3. The molecule has 3 heterocycles. The Hall–Kier alpha value is -1.96. The van der Waals surface area contributed by atoms with Crippen molar-refractivity contribution in [1.29, 1.82) is 0 Å². The Morgan fingerprint density at radius 1 is 1.33 bits per heavy atom. The van der Waals surface area contributed by atoms with E-state index in [-0.39, 0.29) is 0 Å². The molecule has 0 saturated heterocycles. The average molecular weight is 261 g/mol. The maximum absolute atomic E-state index is 4.27. The second kappa shape index (κ2) is 4.37. The van der Waals surface area contributed by atoms with E-state index in [4.69, 9.17) is 0 Å². The normalized spacial score (nSPS) is 11.2. The third kappa shape index (κ3) is 1.74. The number of nitrogens with one attached hydrogen (secondary N) is 1. The lowest BCUT2D eigenvalue weighted by Crippen LogP contribution is -1.99. The zero-order valence-electron chi connectivity index (χ0n) is 9.95. The molecule has 1 N–H and O–H groups in total. The summed E-state index contributed by atoms with van der Waals surface area (Å²) in [6.45, 7) is 4.84. The minimum Gasteiger partial charge on any atom is -0.306 e. The molecule has 0 spiro atoms. The van der Waals surface area contributed by atoms with Gasteiger partial charge >= 0.3 is 0 Å². The van der Waals surface area contributed by atoms with Crippen molar-refractivity contribution in [3.63, 3.8) is 0 Å². The number of aromatic amines is 1. The number of aryl methyl sites for hydroxylation is 1. The van der Waals surface area contributed by atoms with Crippen LogP contribution in [0.25, 0.3) is 11.0 Å². The molecule has 8 heteroatoms. The van der Waals surface area contributed by atoms with Crippen molar-refractivity contribution in [3.8, 4) is 0 Å². The van der Waals surface area contributed by atoms with E-state index in [1.54, 1.807) is 6.20 Å². The van der Waals surface area contributed by atoms with Gasteiger partial charge in [-0.1, -0.05) is 0 Å². The van der Waals surface area contributed by atoms with Gasteiger partial charge in [-0.15, -0.1) is 10.2 Å². The van der Waals surface area contributed by atoms with E-state index in [1.165, 1.54) is 18.1 Å². The van der Waals surface area contributed by atoms with Gasteiger partial charge in [0.05, 0.1) is 11.6 Å². The van der Waals surface area contributed by atoms with Crippen LogP contribution in [0.3, 0.4) is 0 Å². The van der Waals surface area contributed by atoms with Gasteiger partial charge in [-0.05, 0) is 25.6 Å². The van der Waals surface area contributed by atoms with Crippen molar-refractivity contribution in [2.24, 2.45) is 0 Å². The predicted octanol–water partition coefficient (Wildman–Crippen LogP) is 1.42. The lowest BCUT2D eigenvalue weighted by atomic mass is 10.4. The molecular formula is C10H11N7S. The van der Waals surface area contributed by atoms with Crippen LogP contribution in [0.2, 0.25) is 0 Å². The summed E-state index contributed by atoms with van der Waals surface area (Å²) in [5.41, 5.74) is 0.729. The molecule has 7 nitrogen and oxygen atoms in total. The van der Waals surface area contributed by atoms with Crippen LogP contribution in [0.1, 0.15) is 12.7 Å². The minimum atomic E-state index is 0.729. The van der Waals surface area contributed by atoms with Gasteiger partial charge in [-0.2, -0.15) is 5.10 Å². The van der Waals surface area contributed by atoms with Gasteiger partial charge in [-0.25, -0.2) is 9.97 Å². The molecule has 0 saturated carbocycles. The third-order valence-corrected chi connectivity index (χ3v) is 3.62. The first-order chi connectivity index (χ1) is 8.79. The number of aromatic nitrogens is 7. The Balaban J connectivity index is 2.03. The van der Waals surface area contributed by atoms with Crippen LogP contribution >= 0.6 is 11.8 Å². The van der Waals surface area contributed by atoms with Crippen molar-refractivity contribution in [3.05, 3.63) is 18.3 Å². The Morgan fingerprint density at radius 3 is 3.06 bits per heavy atom. The maximum Gasteiger partial charge on any atom is 0.197 e. The summed E-state index contributed by atoms with van der Waals surface area (Å²) < 4.78 is 2.04. The summed E-state index contributed by atoms with van der Waals surface area (Å²) in [5, 5.41) is 17.6. The molecule has 0 amide bonds. The van der Waals surface area contributed by atoms with Crippen LogP contribution in [-0.2, 0) is 6.54 Å². The summed E-state index contributed by atoms with van der Waals surface area (Å²) in [4.78, 5) is 8.38. The van der Waals surface area contributed by atoms with E-state index in [2.05, 4.69) is 37.3 Å². The maximum atomic E-state index is 4.27. The lowest BCUT2D eigenvalue weighted by Gasteiger charge is -2.04. The molecule has 3 rings (SSSR count). The highest BCUT2D eigenvalue weighted by Crippen LogP contribution is 2.29. The zero-order chi connectivity index (χ0) is 12.5. The highest BCUT2D eigenvalue weighted by molar-refractivity contribution is 7.99. The van der Waals surface area contributed by atoms with Crippen molar-refractivity contribution >= 4 is 22.8 Å². The molecular weight excluding hydrogens is 250 g/mol. The standard InChI is InChI=1S/C10H11N7S/c1-3-17-6(2)14-16-10(17)18-9-7-4-13-15-8(7)11-5-12-9/h4-5H,3H2,1-2H3,(H,11,12,13,15). The quantitative estimate of drug-likeness (QED) is 0.718. The van der Waals surface area contributed by atoms with Crippen molar-refractivity contribution in [2.45, 2.75) is 30.6 Å². The summed E-state index contributed by atoms with van der Waals surface area (Å²) in [6, 6.07) is 0. The number of hydrogen-bond acceptors (Lipinski definition) is 6. The van der Waals surface area contributed by atoms with Crippen LogP contribution in [0, 0.1) is 6.92 Å². The second-order valence-corrected chi connectivity index (χ2v) is 4.64. The van der Waals surface area contributed by atoms with Gasteiger partial charge in [0.15, 0.2) is 10.8 Å². The molecule has 0 radical (unpaired) electrons. The summed E-state index contributed by atoms with van der Waals surface area (Å²) in [7, 11) is 0. The monoisotopic (exact) mass is 261 g/mol. The van der Waals surface area contributed by atoms with Crippen molar-refractivity contribution in [2.75, 3.05) is 0 Å². The fraction of sp³-hybridized carbons (Fsp3) is 0.300. The van der Waals surface area contributed by atoms with Gasteiger partial charge in [0.25, 0.3) is 0 Å². The van der Waals surface area contributed by atoms with Crippen molar-refractivity contribution in [1.82, 2.24) is 34.9 Å². The predicted molar refractivity (Wildman–Crippen MR) is 66.2 cm³/mol.